The Bertz CT molecular complexity index is 645. The molecular weight excluding hydrogens is 276 g/mol. The van der Waals surface area contributed by atoms with Crippen LogP contribution < -0.4 is 5.32 Å². The lowest BCUT2D eigenvalue weighted by Gasteiger charge is -2.26. The minimum Gasteiger partial charge on any atom is -0.381 e. The first-order chi connectivity index (χ1) is 10.8. The highest BCUT2D eigenvalue weighted by Crippen LogP contribution is 2.24. The third-order valence-corrected chi connectivity index (χ3v) is 4.57. The number of nitrogens with zero attached hydrogens (tertiary/aromatic N) is 1. The van der Waals surface area contributed by atoms with Gasteiger partial charge in [-0.15, -0.1) is 0 Å². The Balaban J connectivity index is 1.64. The largest absolute Gasteiger partial charge is 0.381 e. The molecule has 22 heavy (non-hydrogen) atoms. The SMILES string of the molecule is CC(C(=O)NCc1nccc2ccccc12)C1CCOCC1. The molecule has 3 rings (SSSR count). The number of pyridine rings is 1. The number of amides is 1. The molecule has 1 aromatic carbocycles. The van der Waals surface area contributed by atoms with Crippen molar-refractivity contribution in [2.75, 3.05) is 13.2 Å². The standard InChI is InChI=1S/C18H22N2O2/c1-13(14-7-10-22-11-8-14)18(21)20-12-17-16-5-3-2-4-15(16)6-9-19-17/h2-6,9,13-14H,7-8,10-12H2,1H3,(H,20,21). The molecule has 1 saturated heterocycles. The van der Waals surface area contributed by atoms with Gasteiger partial charge < -0.3 is 10.1 Å². The summed E-state index contributed by atoms with van der Waals surface area (Å²) < 4.78 is 5.37. The van der Waals surface area contributed by atoms with Gasteiger partial charge in [0.2, 0.25) is 5.91 Å². The Hall–Kier alpha value is -1.94. The molecule has 1 N–H and O–H groups in total. The van der Waals surface area contributed by atoms with E-state index in [1.165, 1.54) is 0 Å². The molecule has 1 fully saturated rings. The van der Waals surface area contributed by atoms with E-state index in [-0.39, 0.29) is 11.8 Å². The fourth-order valence-corrected chi connectivity index (χ4v) is 3.08. The van der Waals surface area contributed by atoms with E-state index in [1.54, 1.807) is 6.20 Å². The van der Waals surface area contributed by atoms with Crippen molar-refractivity contribution in [3.8, 4) is 0 Å². The number of benzene rings is 1. The number of nitrogens with one attached hydrogen (secondary N) is 1. The maximum Gasteiger partial charge on any atom is 0.223 e. The van der Waals surface area contributed by atoms with E-state index in [9.17, 15) is 4.79 Å². The van der Waals surface area contributed by atoms with Crippen molar-refractivity contribution in [2.24, 2.45) is 11.8 Å². The zero-order chi connectivity index (χ0) is 15.4. The van der Waals surface area contributed by atoms with Gasteiger partial charge in [-0.1, -0.05) is 31.2 Å². The summed E-state index contributed by atoms with van der Waals surface area (Å²) in [5.41, 5.74) is 0.922. The molecule has 1 aliphatic rings. The van der Waals surface area contributed by atoms with E-state index in [1.807, 2.05) is 31.2 Å². The van der Waals surface area contributed by atoms with E-state index in [0.717, 1.165) is 42.5 Å². The summed E-state index contributed by atoms with van der Waals surface area (Å²) >= 11 is 0. The van der Waals surface area contributed by atoms with E-state index in [2.05, 4.69) is 16.4 Å². The van der Waals surface area contributed by atoms with Crippen molar-refractivity contribution in [3.05, 3.63) is 42.2 Å². The van der Waals surface area contributed by atoms with Crippen molar-refractivity contribution >= 4 is 16.7 Å². The second-order valence-corrected chi connectivity index (χ2v) is 5.94. The summed E-state index contributed by atoms with van der Waals surface area (Å²) in [6, 6.07) is 10.1. The van der Waals surface area contributed by atoms with Gasteiger partial charge in [-0.2, -0.15) is 0 Å². The van der Waals surface area contributed by atoms with Crippen LogP contribution >= 0.6 is 0 Å². The molecule has 4 heteroatoms. The molecule has 1 aliphatic heterocycles. The molecule has 0 bridgehead atoms. The van der Waals surface area contributed by atoms with Gasteiger partial charge in [0.1, 0.15) is 0 Å². The number of hydrogen-bond acceptors (Lipinski definition) is 3. The van der Waals surface area contributed by atoms with Gasteiger partial charge in [0.15, 0.2) is 0 Å². The molecule has 0 spiro atoms. The van der Waals surface area contributed by atoms with E-state index in [4.69, 9.17) is 4.74 Å². The maximum absolute atomic E-state index is 12.4. The molecule has 0 radical (unpaired) electrons. The smallest absolute Gasteiger partial charge is 0.223 e. The minimum absolute atomic E-state index is 0.0267. The van der Waals surface area contributed by atoms with Gasteiger partial charge in [0.05, 0.1) is 12.2 Å². The molecular formula is C18H22N2O2. The molecule has 0 saturated carbocycles. The quantitative estimate of drug-likeness (QED) is 0.944. The van der Waals surface area contributed by atoms with Crippen molar-refractivity contribution in [3.63, 3.8) is 0 Å². The molecule has 0 aliphatic carbocycles. The van der Waals surface area contributed by atoms with Gasteiger partial charge in [-0.3, -0.25) is 9.78 Å². The first kappa shape index (κ1) is 15.0. The number of carbonyl (C=O) groups is 1. The first-order valence-corrected chi connectivity index (χ1v) is 7.94. The molecule has 2 aromatic rings. The number of aromatic nitrogens is 1. The Morgan fingerprint density at radius 2 is 2.09 bits per heavy atom. The topological polar surface area (TPSA) is 51.2 Å². The van der Waals surface area contributed by atoms with Gasteiger partial charge >= 0.3 is 0 Å². The molecule has 1 amide bonds. The molecule has 1 atom stereocenters. The summed E-state index contributed by atoms with van der Waals surface area (Å²) in [4.78, 5) is 16.8. The Morgan fingerprint density at radius 1 is 1.32 bits per heavy atom. The summed E-state index contributed by atoms with van der Waals surface area (Å²) in [5.74, 6) is 0.565. The van der Waals surface area contributed by atoms with Crippen molar-refractivity contribution < 1.29 is 9.53 Å². The van der Waals surface area contributed by atoms with Crippen LogP contribution in [0.1, 0.15) is 25.5 Å². The van der Waals surface area contributed by atoms with Crippen LogP contribution in [0.4, 0.5) is 0 Å². The average Bonchev–Trinajstić information content (AvgIpc) is 2.59. The molecule has 116 valence electrons. The number of hydrogen-bond donors (Lipinski definition) is 1. The lowest BCUT2D eigenvalue weighted by atomic mass is 9.87. The van der Waals surface area contributed by atoms with Crippen LogP contribution in [0, 0.1) is 11.8 Å². The fourth-order valence-electron chi connectivity index (χ4n) is 3.08. The lowest BCUT2D eigenvalue weighted by Crippen LogP contribution is -2.35. The van der Waals surface area contributed by atoms with Crippen LogP contribution in [0.5, 0.6) is 0 Å². The zero-order valence-electron chi connectivity index (χ0n) is 12.9. The third kappa shape index (κ3) is 3.28. The summed E-state index contributed by atoms with van der Waals surface area (Å²) in [5, 5.41) is 5.30. The average molecular weight is 298 g/mol. The van der Waals surface area contributed by atoms with Gasteiger partial charge in [0, 0.05) is 30.7 Å². The van der Waals surface area contributed by atoms with Crippen molar-refractivity contribution in [2.45, 2.75) is 26.3 Å². The molecule has 1 aromatic heterocycles. The Morgan fingerprint density at radius 3 is 2.91 bits per heavy atom. The maximum atomic E-state index is 12.4. The third-order valence-electron chi connectivity index (χ3n) is 4.57. The van der Waals surface area contributed by atoms with Gasteiger partial charge in [-0.25, -0.2) is 0 Å². The molecule has 1 unspecified atom stereocenters. The second-order valence-electron chi connectivity index (χ2n) is 5.94. The van der Waals surface area contributed by atoms with Crippen LogP contribution in [-0.2, 0) is 16.1 Å². The summed E-state index contributed by atoms with van der Waals surface area (Å²) in [7, 11) is 0. The van der Waals surface area contributed by atoms with E-state index < -0.39 is 0 Å². The molecule has 4 nitrogen and oxygen atoms in total. The predicted octanol–water partition coefficient (Wildman–Crippen LogP) is 2.91. The monoisotopic (exact) mass is 298 g/mol. The van der Waals surface area contributed by atoms with E-state index in [0.29, 0.717) is 12.5 Å². The fraction of sp³-hybridized carbons (Fsp3) is 0.444. The number of ether oxygens (including phenoxy) is 1. The Labute approximate surface area is 130 Å². The Kier molecular flexibility index (Phi) is 4.68. The minimum atomic E-state index is 0.0267. The predicted molar refractivity (Wildman–Crippen MR) is 86.3 cm³/mol. The van der Waals surface area contributed by atoms with Crippen LogP contribution in [-0.4, -0.2) is 24.1 Å². The highest BCUT2D eigenvalue weighted by molar-refractivity contribution is 5.85. The normalized spacial score (nSPS) is 17.3. The van der Waals surface area contributed by atoms with Crippen LogP contribution in [0.3, 0.4) is 0 Å². The van der Waals surface area contributed by atoms with E-state index >= 15 is 0 Å². The number of fused-ring (bicyclic) bond motifs is 1. The molecule has 2 heterocycles. The zero-order valence-corrected chi connectivity index (χ0v) is 12.9. The van der Waals surface area contributed by atoms with Crippen LogP contribution in [0.2, 0.25) is 0 Å². The summed E-state index contributed by atoms with van der Waals surface area (Å²) in [6.45, 7) is 4.04. The van der Waals surface area contributed by atoms with Gasteiger partial charge in [0.25, 0.3) is 0 Å². The number of carbonyl (C=O) groups excluding carboxylic acids is 1. The summed E-state index contributed by atoms with van der Waals surface area (Å²) in [6.07, 6.45) is 3.74. The highest BCUT2D eigenvalue weighted by atomic mass is 16.5. The van der Waals surface area contributed by atoms with Crippen molar-refractivity contribution in [1.29, 1.82) is 0 Å². The second kappa shape index (κ2) is 6.88. The highest BCUT2D eigenvalue weighted by Gasteiger charge is 2.25. The lowest BCUT2D eigenvalue weighted by molar-refractivity contribution is -0.127. The van der Waals surface area contributed by atoms with Crippen LogP contribution in [0.15, 0.2) is 36.5 Å². The first-order valence-electron chi connectivity index (χ1n) is 7.94. The van der Waals surface area contributed by atoms with Crippen molar-refractivity contribution in [1.82, 2.24) is 10.3 Å². The number of rotatable bonds is 4. The van der Waals surface area contributed by atoms with Crippen LogP contribution in [0.25, 0.3) is 10.8 Å². The van der Waals surface area contributed by atoms with Gasteiger partial charge in [-0.05, 0) is 30.2 Å².